The van der Waals surface area contributed by atoms with Gasteiger partial charge in [0.05, 0.1) is 5.69 Å². The van der Waals surface area contributed by atoms with Crippen LogP contribution in [0.2, 0.25) is 0 Å². The summed E-state index contributed by atoms with van der Waals surface area (Å²) in [5.74, 6) is -0.531. The molecule has 1 unspecified atom stereocenters. The molecule has 0 aliphatic carbocycles. The molecule has 1 aromatic rings. The molecule has 0 fully saturated rings. The molecule has 12 heavy (non-hydrogen) atoms. The first-order valence-electron chi connectivity index (χ1n) is 3.02. The highest BCUT2D eigenvalue weighted by Crippen LogP contribution is 2.13. The van der Waals surface area contributed by atoms with Crippen LogP contribution in [0.15, 0.2) is 24.3 Å². The zero-order valence-electron chi connectivity index (χ0n) is 5.98. The number of benzene rings is 1. The maximum absolute atomic E-state index is 12.5. The van der Waals surface area contributed by atoms with Crippen LogP contribution in [0, 0.1) is 5.82 Å². The minimum atomic E-state index is -2.05. The second-order valence-electron chi connectivity index (χ2n) is 2.03. The number of hydrogen-bond donors (Lipinski definition) is 2. The van der Waals surface area contributed by atoms with Gasteiger partial charge in [0, 0.05) is 6.07 Å². The Kier molecular flexibility index (Phi) is 2.74. The fraction of sp³-hybridized carbons (Fsp3) is 0. The van der Waals surface area contributed by atoms with E-state index in [-0.39, 0.29) is 10.2 Å². The molecule has 0 aromatic heterocycles. The summed E-state index contributed by atoms with van der Waals surface area (Å²) in [6.45, 7) is 0. The summed E-state index contributed by atoms with van der Waals surface area (Å²) in [6, 6.07) is 4.98. The molecule has 0 amide bonds. The van der Waals surface area contributed by atoms with E-state index < -0.39 is 17.0 Å². The lowest BCUT2D eigenvalue weighted by Crippen LogP contribution is -2.27. The first kappa shape index (κ1) is 9.11. The van der Waals surface area contributed by atoms with E-state index in [2.05, 4.69) is 0 Å². The van der Waals surface area contributed by atoms with E-state index in [0.29, 0.717) is 0 Å². The number of nitrogens with zero attached hydrogens (tertiary/aromatic N) is 1. The van der Waals surface area contributed by atoms with Crippen LogP contribution in [0.25, 0.3) is 0 Å². The first-order chi connectivity index (χ1) is 5.61. The Labute approximate surface area is 71.1 Å². The van der Waals surface area contributed by atoms with Gasteiger partial charge in [0.15, 0.2) is 0 Å². The van der Waals surface area contributed by atoms with E-state index >= 15 is 0 Å². The standard InChI is InChI=1S/C6H7FN2O2S/c7-5-2-1-3-6(4-5)9(10)12(8)11/h1-4,10H,8H2. The number of halogens is 1. The van der Waals surface area contributed by atoms with Crippen molar-refractivity contribution in [3.8, 4) is 0 Å². The van der Waals surface area contributed by atoms with Gasteiger partial charge in [0.25, 0.3) is 0 Å². The summed E-state index contributed by atoms with van der Waals surface area (Å²) in [7, 11) is 0. The molecule has 0 saturated carbocycles. The monoisotopic (exact) mass is 190 g/mol. The second kappa shape index (κ2) is 3.61. The van der Waals surface area contributed by atoms with Crippen molar-refractivity contribution in [1.82, 2.24) is 0 Å². The van der Waals surface area contributed by atoms with Crippen molar-refractivity contribution < 1.29 is 13.8 Å². The van der Waals surface area contributed by atoms with Crippen LogP contribution in [0.1, 0.15) is 0 Å². The van der Waals surface area contributed by atoms with Crippen molar-refractivity contribution in [2.45, 2.75) is 0 Å². The fourth-order valence-electron chi connectivity index (χ4n) is 0.699. The van der Waals surface area contributed by atoms with E-state index in [4.69, 9.17) is 10.3 Å². The maximum atomic E-state index is 12.5. The molecular weight excluding hydrogens is 183 g/mol. The lowest BCUT2D eigenvalue weighted by Gasteiger charge is -2.11. The molecule has 6 heteroatoms. The van der Waals surface area contributed by atoms with E-state index in [0.717, 1.165) is 6.07 Å². The molecule has 1 aromatic carbocycles. The van der Waals surface area contributed by atoms with E-state index in [1.54, 1.807) is 0 Å². The lowest BCUT2D eigenvalue weighted by molar-refractivity contribution is 0.324. The van der Waals surface area contributed by atoms with Crippen LogP contribution in [0.3, 0.4) is 0 Å². The highest BCUT2D eigenvalue weighted by atomic mass is 32.2. The summed E-state index contributed by atoms with van der Waals surface area (Å²) >= 11 is -2.05. The van der Waals surface area contributed by atoms with Gasteiger partial charge in [-0.15, -0.1) is 0 Å². The third kappa shape index (κ3) is 2.00. The molecule has 66 valence electrons. The summed E-state index contributed by atoms with van der Waals surface area (Å²) in [5.41, 5.74) is 0.0517. The summed E-state index contributed by atoms with van der Waals surface area (Å²) in [6.07, 6.45) is 0. The highest BCUT2D eigenvalue weighted by molar-refractivity contribution is 7.83. The average Bonchev–Trinajstić information content (AvgIpc) is 2.03. The molecule has 0 aliphatic rings. The zero-order chi connectivity index (χ0) is 9.14. The molecule has 0 heterocycles. The van der Waals surface area contributed by atoms with Crippen LogP contribution in [0.4, 0.5) is 10.1 Å². The predicted molar refractivity (Wildman–Crippen MR) is 43.0 cm³/mol. The van der Waals surface area contributed by atoms with Crippen molar-refractivity contribution in [2.75, 3.05) is 4.47 Å². The van der Waals surface area contributed by atoms with E-state index in [1.165, 1.54) is 18.2 Å². The topological polar surface area (TPSA) is 66.6 Å². The van der Waals surface area contributed by atoms with Crippen molar-refractivity contribution in [3.63, 3.8) is 0 Å². The second-order valence-corrected chi connectivity index (χ2v) is 2.93. The Bertz CT molecular complexity index is 307. The molecule has 0 radical (unpaired) electrons. The molecule has 1 atom stereocenters. The van der Waals surface area contributed by atoms with Crippen LogP contribution < -0.4 is 9.61 Å². The number of nitrogens with two attached hydrogens (primary N) is 1. The Morgan fingerprint density at radius 3 is 2.75 bits per heavy atom. The highest BCUT2D eigenvalue weighted by Gasteiger charge is 2.06. The van der Waals surface area contributed by atoms with Gasteiger partial charge in [0.1, 0.15) is 5.82 Å². The van der Waals surface area contributed by atoms with Gasteiger partial charge in [-0.1, -0.05) is 6.07 Å². The molecule has 0 bridgehead atoms. The van der Waals surface area contributed by atoms with Gasteiger partial charge in [-0.3, -0.25) is 5.21 Å². The quantitative estimate of drug-likeness (QED) is 0.669. The number of anilines is 1. The smallest absolute Gasteiger partial charge is 0.218 e. The van der Waals surface area contributed by atoms with E-state index in [9.17, 15) is 8.60 Å². The Balaban J connectivity index is 2.95. The predicted octanol–water partition coefficient (Wildman–Crippen LogP) is 0.559. The van der Waals surface area contributed by atoms with Gasteiger partial charge < -0.3 is 0 Å². The molecule has 0 spiro atoms. The van der Waals surface area contributed by atoms with Crippen LogP contribution >= 0.6 is 0 Å². The van der Waals surface area contributed by atoms with Crippen molar-refractivity contribution in [1.29, 1.82) is 0 Å². The molecule has 3 N–H and O–H groups in total. The van der Waals surface area contributed by atoms with Crippen molar-refractivity contribution in [3.05, 3.63) is 30.1 Å². The number of hydrogen-bond acceptors (Lipinski definition) is 2. The van der Waals surface area contributed by atoms with E-state index in [1.807, 2.05) is 0 Å². The van der Waals surface area contributed by atoms with Gasteiger partial charge in [-0.2, -0.15) is 4.47 Å². The molecule has 0 saturated heterocycles. The van der Waals surface area contributed by atoms with Gasteiger partial charge in [-0.25, -0.2) is 13.7 Å². The zero-order valence-corrected chi connectivity index (χ0v) is 6.79. The van der Waals surface area contributed by atoms with Gasteiger partial charge in [-0.05, 0) is 12.1 Å². The van der Waals surface area contributed by atoms with Crippen LogP contribution in [-0.4, -0.2) is 9.42 Å². The first-order valence-corrected chi connectivity index (χ1v) is 4.19. The fourth-order valence-corrected chi connectivity index (χ4v) is 1.02. The Morgan fingerprint density at radius 1 is 1.58 bits per heavy atom. The Morgan fingerprint density at radius 2 is 2.25 bits per heavy atom. The molecule has 1 rings (SSSR count). The van der Waals surface area contributed by atoms with Gasteiger partial charge >= 0.3 is 0 Å². The molecule has 0 aliphatic heterocycles. The average molecular weight is 190 g/mol. The van der Waals surface area contributed by atoms with Crippen molar-refractivity contribution >= 4 is 16.9 Å². The minimum Gasteiger partial charge on any atom is -0.275 e. The Hall–Kier alpha value is -0.980. The third-order valence-corrected chi connectivity index (χ3v) is 1.75. The van der Waals surface area contributed by atoms with Crippen molar-refractivity contribution in [2.24, 2.45) is 5.14 Å². The lowest BCUT2D eigenvalue weighted by atomic mass is 10.3. The molecular formula is C6H7FN2O2S. The summed E-state index contributed by atoms with van der Waals surface area (Å²) < 4.78 is 23.3. The maximum Gasteiger partial charge on any atom is 0.218 e. The normalized spacial score (nSPS) is 12.6. The largest absolute Gasteiger partial charge is 0.275 e. The molecule has 4 nitrogen and oxygen atoms in total. The number of rotatable bonds is 2. The van der Waals surface area contributed by atoms with Crippen LogP contribution in [-0.2, 0) is 11.2 Å². The third-order valence-electron chi connectivity index (χ3n) is 1.20. The van der Waals surface area contributed by atoms with Crippen LogP contribution in [0.5, 0.6) is 0 Å². The van der Waals surface area contributed by atoms with Gasteiger partial charge in [0.2, 0.25) is 11.2 Å². The summed E-state index contributed by atoms with van der Waals surface area (Å²) in [5, 5.41) is 13.8. The minimum absolute atomic E-state index is 0.0517. The SMILES string of the molecule is NS(=O)N(O)c1cccc(F)c1. The summed E-state index contributed by atoms with van der Waals surface area (Å²) in [4.78, 5) is 0.